The molecule has 0 unspecified atom stereocenters. The summed E-state index contributed by atoms with van der Waals surface area (Å²) in [7, 11) is 0. The van der Waals surface area contributed by atoms with Crippen molar-refractivity contribution in [3.63, 3.8) is 0 Å². The Kier molecular flexibility index (Phi) is 7.41. The molecule has 2 heterocycles. The summed E-state index contributed by atoms with van der Waals surface area (Å²) >= 11 is 0. The van der Waals surface area contributed by atoms with Crippen LogP contribution in [0.3, 0.4) is 0 Å². The van der Waals surface area contributed by atoms with Gasteiger partial charge in [0, 0.05) is 18.7 Å². The third kappa shape index (κ3) is 5.57. The SMILES string of the molecule is Cc1cc(C)c2[nH]c(=O)c(CN(CCc3ccccc3)[C@@H](c3nnnn3C(C)(C)C)C(C)C)cc2c1. The highest BCUT2D eigenvalue weighted by Crippen LogP contribution is 2.31. The van der Waals surface area contributed by atoms with Gasteiger partial charge in [0.15, 0.2) is 5.82 Å². The van der Waals surface area contributed by atoms with Crippen molar-refractivity contribution >= 4 is 10.9 Å². The van der Waals surface area contributed by atoms with Crippen molar-refractivity contribution in [2.45, 2.75) is 73.0 Å². The second kappa shape index (κ2) is 10.3. The Bertz CT molecular complexity index is 1380. The molecule has 4 aromatic rings. The van der Waals surface area contributed by atoms with Gasteiger partial charge in [0.1, 0.15) is 0 Å². The molecular weight excluding hydrogens is 448 g/mol. The molecular formula is C29H38N6O. The summed E-state index contributed by atoms with van der Waals surface area (Å²) in [5.74, 6) is 1.06. The van der Waals surface area contributed by atoms with E-state index in [1.165, 1.54) is 11.1 Å². The molecule has 0 fully saturated rings. The van der Waals surface area contributed by atoms with E-state index in [1.54, 1.807) is 0 Å². The van der Waals surface area contributed by atoms with Crippen LogP contribution in [0.2, 0.25) is 0 Å². The number of fused-ring (bicyclic) bond motifs is 1. The number of nitrogens with zero attached hydrogens (tertiary/aromatic N) is 5. The third-order valence-electron chi connectivity index (χ3n) is 6.69. The molecule has 0 saturated carbocycles. The van der Waals surface area contributed by atoms with Crippen molar-refractivity contribution in [2.75, 3.05) is 6.54 Å². The fourth-order valence-corrected chi connectivity index (χ4v) is 5.04. The Hall–Kier alpha value is -3.32. The van der Waals surface area contributed by atoms with Gasteiger partial charge in [-0.05, 0) is 86.0 Å². The average Bonchev–Trinajstić information content (AvgIpc) is 3.29. The molecule has 4 rings (SSSR count). The quantitative estimate of drug-likeness (QED) is 0.364. The Morgan fingerprint density at radius 1 is 1.06 bits per heavy atom. The average molecular weight is 487 g/mol. The molecule has 190 valence electrons. The largest absolute Gasteiger partial charge is 0.321 e. The molecule has 7 heteroatoms. The van der Waals surface area contributed by atoms with Gasteiger partial charge in [-0.2, -0.15) is 0 Å². The van der Waals surface area contributed by atoms with Gasteiger partial charge in [-0.15, -0.1) is 5.10 Å². The molecule has 1 N–H and O–H groups in total. The second-order valence-electron chi connectivity index (χ2n) is 11.2. The minimum Gasteiger partial charge on any atom is -0.321 e. The van der Waals surface area contributed by atoms with Crippen molar-refractivity contribution in [2.24, 2.45) is 5.92 Å². The summed E-state index contributed by atoms with van der Waals surface area (Å²) < 4.78 is 1.92. The maximum atomic E-state index is 13.3. The van der Waals surface area contributed by atoms with Crippen LogP contribution in [0, 0.1) is 19.8 Å². The standard InChI is InChI=1S/C29H38N6O/c1-19(2)26(27-31-32-33-35(27)29(5,6)7)34(14-13-22-11-9-8-10-12-22)18-24-17-23-16-20(3)15-21(4)25(23)30-28(24)36/h8-12,15-17,19,26H,13-14,18H2,1-7H3,(H,30,36)/t26-/m1/s1. The zero-order valence-corrected chi connectivity index (χ0v) is 22.5. The summed E-state index contributed by atoms with van der Waals surface area (Å²) in [5, 5.41) is 13.9. The van der Waals surface area contributed by atoms with Crippen molar-refractivity contribution in [3.05, 3.63) is 87.0 Å². The predicted molar refractivity (Wildman–Crippen MR) is 145 cm³/mol. The molecule has 0 aliphatic rings. The number of nitrogens with one attached hydrogen (secondary N) is 1. The second-order valence-corrected chi connectivity index (χ2v) is 11.2. The molecule has 1 atom stereocenters. The molecule has 0 saturated heterocycles. The Balaban J connectivity index is 1.77. The molecule has 0 bridgehead atoms. The zero-order chi connectivity index (χ0) is 26.0. The van der Waals surface area contributed by atoms with E-state index in [-0.39, 0.29) is 23.1 Å². The van der Waals surface area contributed by atoms with Crippen molar-refractivity contribution in [3.8, 4) is 0 Å². The lowest BCUT2D eigenvalue weighted by Gasteiger charge is -2.35. The maximum Gasteiger partial charge on any atom is 0.252 e. The number of hydrogen-bond acceptors (Lipinski definition) is 5. The smallest absolute Gasteiger partial charge is 0.252 e. The maximum absolute atomic E-state index is 13.3. The van der Waals surface area contributed by atoms with Crippen LogP contribution in [0.1, 0.15) is 68.7 Å². The highest BCUT2D eigenvalue weighted by Gasteiger charge is 2.32. The van der Waals surface area contributed by atoms with E-state index in [0.717, 1.165) is 40.8 Å². The first-order chi connectivity index (χ1) is 17.0. The van der Waals surface area contributed by atoms with Crippen LogP contribution in [0.4, 0.5) is 0 Å². The summed E-state index contributed by atoms with van der Waals surface area (Å²) in [6.45, 7) is 16.1. The van der Waals surface area contributed by atoms with Gasteiger partial charge in [0.2, 0.25) is 0 Å². The van der Waals surface area contributed by atoms with Crippen LogP contribution in [0.5, 0.6) is 0 Å². The molecule has 7 nitrogen and oxygen atoms in total. The number of aromatic amines is 1. The van der Waals surface area contributed by atoms with E-state index < -0.39 is 0 Å². The fraction of sp³-hybridized carbons (Fsp3) is 0.448. The first kappa shape index (κ1) is 25.8. The van der Waals surface area contributed by atoms with Gasteiger partial charge in [0.05, 0.1) is 17.1 Å². The molecule has 0 spiro atoms. The first-order valence-corrected chi connectivity index (χ1v) is 12.7. The summed E-state index contributed by atoms with van der Waals surface area (Å²) in [6, 6.07) is 16.7. The van der Waals surface area contributed by atoms with Gasteiger partial charge >= 0.3 is 0 Å². The number of tetrazole rings is 1. The lowest BCUT2D eigenvalue weighted by molar-refractivity contribution is 0.129. The first-order valence-electron chi connectivity index (χ1n) is 12.7. The molecule has 0 aliphatic heterocycles. The molecule has 0 aliphatic carbocycles. The molecule has 2 aromatic carbocycles. The number of hydrogen-bond donors (Lipinski definition) is 1. The predicted octanol–water partition coefficient (Wildman–Crippen LogP) is 5.33. The van der Waals surface area contributed by atoms with Gasteiger partial charge < -0.3 is 4.98 Å². The summed E-state index contributed by atoms with van der Waals surface area (Å²) in [5.41, 5.74) is 4.88. The minimum atomic E-state index is -0.257. The lowest BCUT2D eigenvalue weighted by Crippen LogP contribution is -2.39. The zero-order valence-electron chi connectivity index (χ0n) is 22.5. The molecule has 36 heavy (non-hydrogen) atoms. The van der Waals surface area contributed by atoms with Crippen LogP contribution < -0.4 is 5.56 Å². The van der Waals surface area contributed by atoms with Gasteiger partial charge in [-0.3, -0.25) is 9.69 Å². The molecule has 0 amide bonds. The van der Waals surface area contributed by atoms with Crippen LogP contribution in [-0.2, 0) is 18.5 Å². The Labute approximate surface area is 213 Å². The number of H-pyrrole nitrogens is 1. The van der Waals surface area contributed by atoms with Crippen molar-refractivity contribution in [1.82, 2.24) is 30.1 Å². The van der Waals surface area contributed by atoms with E-state index in [1.807, 2.05) is 23.7 Å². The van der Waals surface area contributed by atoms with Crippen LogP contribution >= 0.6 is 0 Å². The van der Waals surface area contributed by atoms with Crippen LogP contribution in [0.25, 0.3) is 10.9 Å². The van der Waals surface area contributed by atoms with Crippen LogP contribution in [-0.4, -0.2) is 36.6 Å². The number of pyridine rings is 1. The van der Waals surface area contributed by atoms with Crippen LogP contribution in [0.15, 0.2) is 53.3 Å². The summed E-state index contributed by atoms with van der Waals surface area (Å²) in [4.78, 5) is 18.8. The van der Waals surface area contributed by atoms with Crippen molar-refractivity contribution < 1.29 is 0 Å². The van der Waals surface area contributed by atoms with Gasteiger partial charge in [0.25, 0.3) is 5.56 Å². The normalized spacial score (nSPS) is 13.1. The highest BCUT2D eigenvalue weighted by molar-refractivity contribution is 5.82. The number of aromatic nitrogens is 5. The van der Waals surface area contributed by atoms with E-state index >= 15 is 0 Å². The monoisotopic (exact) mass is 486 g/mol. The van der Waals surface area contributed by atoms with Gasteiger partial charge in [-0.1, -0.05) is 55.8 Å². The number of benzene rings is 2. The summed E-state index contributed by atoms with van der Waals surface area (Å²) in [6.07, 6.45) is 0.866. The highest BCUT2D eigenvalue weighted by atomic mass is 16.1. The van der Waals surface area contributed by atoms with E-state index in [0.29, 0.717) is 6.54 Å². The van der Waals surface area contributed by atoms with Crippen molar-refractivity contribution in [1.29, 1.82) is 0 Å². The molecule has 2 aromatic heterocycles. The lowest BCUT2D eigenvalue weighted by atomic mass is 9.98. The Morgan fingerprint density at radius 2 is 1.78 bits per heavy atom. The third-order valence-corrected chi connectivity index (χ3v) is 6.69. The minimum absolute atomic E-state index is 0.0444. The molecule has 0 radical (unpaired) electrons. The topological polar surface area (TPSA) is 79.7 Å². The van der Waals surface area contributed by atoms with E-state index in [9.17, 15) is 4.79 Å². The fourth-order valence-electron chi connectivity index (χ4n) is 5.04. The Morgan fingerprint density at radius 3 is 2.44 bits per heavy atom. The number of rotatable bonds is 8. The van der Waals surface area contributed by atoms with Gasteiger partial charge in [-0.25, -0.2) is 4.68 Å². The van der Waals surface area contributed by atoms with E-state index in [4.69, 9.17) is 0 Å². The van der Waals surface area contributed by atoms with E-state index in [2.05, 4.69) is 103 Å². The number of aryl methyl sites for hydroxylation is 2.